The Balaban J connectivity index is 2.18. The fourth-order valence-electron chi connectivity index (χ4n) is 1.83. The number of non-ortho nitro benzene ring substituents is 1. The number of nitrogens with zero attached hydrogens (tertiary/aromatic N) is 1. The Hall–Kier alpha value is -1.47. The number of benzene rings is 1. The molecule has 2 rings (SSSR count). The van der Waals surface area contributed by atoms with E-state index >= 15 is 0 Å². The Labute approximate surface area is 125 Å². The summed E-state index contributed by atoms with van der Waals surface area (Å²) < 4.78 is 0.106. The number of nitro benzene ring substituents is 1. The van der Waals surface area contributed by atoms with E-state index in [-0.39, 0.29) is 26.7 Å². The van der Waals surface area contributed by atoms with Crippen molar-refractivity contribution in [3.8, 4) is 0 Å². The molecule has 1 saturated carbocycles. The van der Waals surface area contributed by atoms with Gasteiger partial charge in [0.15, 0.2) is 0 Å². The summed E-state index contributed by atoms with van der Waals surface area (Å²) in [6.07, 6.45) is 4.11. The summed E-state index contributed by atoms with van der Waals surface area (Å²) in [4.78, 5) is 22.3. The maximum absolute atomic E-state index is 12.1. The van der Waals surface area contributed by atoms with Gasteiger partial charge in [-0.25, -0.2) is 0 Å². The van der Waals surface area contributed by atoms with E-state index in [0.717, 1.165) is 25.0 Å². The lowest BCUT2D eigenvalue weighted by molar-refractivity contribution is -0.384. The van der Waals surface area contributed by atoms with E-state index in [1.54, 1.807) is 11.8 Å². The van der Waals surface area contributed by atoms with Crippen molar-refractivity contribution in [2.24, 2.45) is 0 Å². The van der Waals surface area contributed by atoms with Crippen molar-refractivity contribution in [3.63, 3.8) is 0 Å². The van der Waals surface area contributed by atoms with E-state index in [2.05, 4.69) is 5.32 Å². The molecule has 0 aliphatic heterocycles. The number of anilines is 1. The molecule has 1 amide bonds. The first kappa shape index (κ1) is 14.9. The van der Waals surface area contributed by atoms with Gasteiger partial charge in [-0.05, 0) is 19.1 Å². The van der Waals surface area contributed by atoms with Crippen LogP contribution in [0.5, 0.6) is 0 Å². The van der Waals surface area contributed by atoms with Crippen LogP contribution in [0.4, 0.5) is 11.4 Å². The number of rotatable bonds is 5. The van der Waals surface area contributed by atoms with Crippen molar-refractivity contribution in [1.29, 1.82) is 0 Å². The van der Waals surface area contributed by atoms with Crippen LogP contribution in [0.15, 0.2) is 12.1 Å². The van der Waals surface area contributed by atoms with Crippen LogP contribution in [0.25, 0.3) is 0 Å². The van der Waals surface area contributed by atoms with Crippen molar-refractivity contribution < 1.29 is 9.72 Å². The number of amides is 1. The zero-order valence-electron chi connectivity index (χ0n) is 10.8. The van der Waals surface area contributed by atoms with Crippen LogP contribution >= 0.6 is 23.4 Å². The summed E-state index contributed by atoms with van der Waals surface area (Å²) in [7, 11) is 0. The summed E-state index contributed by atoms with van der Waals surface area (Å²) in [5.41, 5.74) is 5.57. The van der Waals surface area contributed by atoms with Gasteiger partial charge in [0.05, 0.1) is 21.2 Å². The van der Waals surface area contributed by atoms with E-state index in [4.69, 9.17) is 17.3 Å². The minimum atomic E-state index is -0.605. The first-order chi connectivity index (χ1) is 9.38. The molecule has 20 heavy (non-hydrogen) atoms. The monoisotopic (exact) mass is 315 g/mol. The molecule has 108 valence electrons. The van der Waals surface area contributed by atoms with Gasteiger partial charge >= 0.3 is 0 Å². The minimum Gasteiger partial charge on any atom is -0.397 e. The quantitative estimate of drug-likeness (QED) is 0.494. The van der Waals surface area contributed by atoms with Gasteiger partial charge in [-0.15, -0.1) is 0 Å². The Morgan fingerprint density at radius 1 is 1.60 bits per heavy atom. The summed E-state index contributed by atoms with van der Waals surface area (Å²) in [5, 5.41) is 13.6. The number of nitrogens with one attached hydrogen (secondary N) is 1. The highest BCUT2D eigenvalue weighted by Gasteiger charge is 2.42. The smallest absolute Gasteiger partial charge is 0.271 e. The molecular weight excluding hydrogens is 302 g/mol. The van der Waals surface area contributed by atoms with Gasteiger partial charge in [0.2, 0.25) is 0 Å². The molecule has 1 fully saturated rings. The fraction of sp³-hybridized carbons (Fsp3) is 0.417. The number of carbonyl (C=O) groups is 1. The second-order valence-electron chi connectivity index (χ2n) is 4.72. The number of halogens is 1. The molecule has 0 bridgehead atoms. The molecule has 8 heteroatoms. The minimum absolute atomic E-state index is 0.00958. The third-order valence-corrected chi connectivity index (χ3v) is 5.11. The molecule has 3 N–H and O–H groups in total. The van der Waals surface area contributed by atoms with Gasteiger partial charge in [-0.3, -0.25) is 14.9 Å². The normalized spacial score (nSPS) is 15.7. The van der Waals surface area contributed by atoms with E-state index in [1.165, 1.54) is 0 Å². The maximum Gasteiger partial charge on any atom is 0.271 e. The van der Waals surface area contributed by atoms with Gasteiger partial charge in [0, 0.05) is 23.4 Å². The average molecular weight is 316 g/mol. The molecule has 1 aliphatic rings. The highest BCUT2D eigenvalue weighted by molar-refractivity contribution is 8.00. The summed E-state index contributed by atoms with van der Waals surface area (Å²) in [6.45, 7) is 0.521. The zero-order valence-corrected chi connectivity index (χ0v) is 12.4. The summed E-state index contributed by atoms with van der Waals surface area (Å²) in [6, 6.07) is 2.28. The largest absolute Gasteiger partial charge is 0.397 e. The Bertz CT molecular complexity index is 575. The molecule has 0 spiro atoms. The number of thioether (sulfide) groups is 1. The second-order valence-corrected chi connectivity index (χ2v) is 6.40. The lowest BCUT2D eigenvalue weighted by Gasteiger charge is -2.14. The second kappa shape index (κ2) is 5.49. The van der Waals surface area contributed by atoms with Crippen molar-refractivity contribution in [2.45, 2.75) is 17.6 Å². The molecule has 0 aromatic heterocycles. The molecule has 1 aliphatic carbocycles. The van der Waals surface area contributed by atoms with E-state index in [9.17, 15) is 14.9 Å². The predicted molar refractivity (Wildman–Crippen MR) is 80.3 cm³/mol. The molecule has 0 atom stereocenters. The van der Waals surface area contributed by atoms with Gasteiger partial charge in [0.1, 0.15) is 0 Å². The molecular formula is C12H14ClN3O3S. The van der Waals surface area contributed by atoms with Gasteiger partial charge in [0.25, 0.3) is 11.6 Å². The van der Waals surface area contributed by atoms with Crippen LogP contribution in [-0.4, -0.2) is 28.4 Å². The van der Waals surface area contributed by atoms with Crippen LogP contribution in [0.3, 0.4) is 0 Å². The standard InChI is InChI=1S/C12H14ClN3O3S/c1-20-12(2-3-12)6-15-11(17)8-4-7(16(18)19)5-9(13)10(8)14/h4-5H,2-3,6,14H2,1H3,(H,15,17). The Morgan fingerprint density at radius 3 is 2.75 bits per heavy atom. The number of nitro groups is 1. The first-order valence-corrected chi connectivity index (χ1v) is 7.55. The van der Waals surface area contributed by atoms with Crippen molar-refractivity contribution in [2.75, 3.05) is 18.5 Å². The summed E-state index contributed by atoms with van der Waals surface area (Å²) >= 11 is 7.53. The van der Waals surface area contributed by atoms with E-state index in [0.29, 0.717) is 6.54 Å². The first-order valence-electron chi connectivity index (χ1n) is 5.95. The fourth-order valence-corrected chi connectivity index (χ4v) is 2.77. The van der Waals surface area contributed by atoms with Gasteiger partial charge in [-0.2, -0.15) is 11.8 Å². The molecule has 0 radical (unpaired) electrons. The third-order valence-electron chi connectivity index (χ3n) is 3.38. The van der Waals surface area contributed by atoms with Crippen molar-refractivity contribution in [3.05, 3.63) is 32.8 Å². The van der Waals surface area contributed by atoms with Crippen LogP contribution in [0.1, 0.15) is 23.2 Å². The molecule has 0 heterocycles. The lowest BCUT2D eigenvalue weighted by atomic mass is 10.1. The SMILES string of the molecule is CSC1(CNC(=O)c2cc([N+](=O)[O-])cc(Cl)c2N)CC1. The Morgan fingerprint density at radius 2 is 2.25 bits per heavy atom. The van der Waals surface area contributed by atoms with Crippen molar-refractivity contribution in [1.82, 2.24) is 5.32 Å². The van der Waals surface area contributed by atoms with E-state index in [1.807, 2.05) is 6.26 Å². The van der Waals surface area contributed by atoms with Crippen LogP contribution in [-0.2, 0) is 0 Å². The van der Waals surface area contributed by atoms with Crippen LogP contribution in [0, 0.1) is 10.1 Å². The maximum atomic E-state index is 12.1. The zero-order chi connectivity index (χ0) is 14.9. The topological polar surface area (TPSA) is 98.3 Å². The number of hydrogen-bond donors (Lipinski definition) is 2. The van der Waals surface area contributed by atoms with Crippen LogP contribution in [0.2, 0.25) is 5.02 Å². The van der Waals surface area contributed by atoms with Crippen LogP contribution < -0.4 is 11.1 Å². The van der Waals surface area contributed by atoms with Gasteiger partial charge in [-0.1, -0.05) is 11.6 Å². The number of nitrogens with two attached hydrogens (primary N) is 1. The Kier molecular flexibility index (Phi) is 4.10. The molecule has 0 saturated heterocycles. The third kappa shape index (κ3) is 2.99. The number of carbonyl (C=O) groups excluding carboxylic acids is 1. The molecule has 0 unspecified atom stereocenters. The lowest BCUT2D eigenvalue weighted by Crippen LogP contribution is -2.32. The number of hydrogen-bond acceptors (Lipinski definition) is 5. The highest BCUT2D eigenvalue weighted by Crippen LogP contribution is 2.46. The molecule has 6 nitrogen and oxygen atoms in total. The van der Waals surface area contributed by atoms with Crippen molar-refractivity contribution >= 4 is 40.6 Å². The van der Waals surface area contributed by atoms with E-state index < -0.39 is 10.8 Å². The van der Waals surface area contributed by atoms with Gasteiger partial charge < -0.3 is 11.1 Å². The highest BCUT2D eigenvalue weighted by atomic mass is 35.5. The molecule has 1 aromatic carbocycles. The summed E-state index contributed by atoms with van der Waals surface area (Å²) in [5.74, 6) is -0.437. The molecule has 1 aromatic rings. The predicted octanol–water partition coefficient (Wildman–Crippen LogP) is 2.46. The average Bonchev–Trinajstić information content (AvgIpc) is 3.19. The number of nitrogen functional groups attached to an aromatic ring is 1.